The monoisotopic (exact) mass is 281 g/mol. The average molecular weight is 281 g/mol. The van der Waals surface area contributed by atoms with Crippen molar-refractivity contribution in [2.24, 2.45) is 5.41 Å². The number of fused-ring (bicyclic) bond motifs is 1. The number of carbonyl (C=O) groups excluding carboxylic acids is 1. The second-order valence-corrected chi connectivity index (χ2v) is 6.14. The van der Waals surface area contributed by atoms with Crippen molar-refractivity contribution in [1.82, 2.24) is 5.32 Å². The predicted molar refractivity (Wildman–Crippen MR) is 87.7 cm³/mol. The van der Waals surface area contributed by atoms with Crippen LogP contribution in [0.4, 0.5) is 0 Å². The molecular formula is C19H23NO. The van der Waals surface area contributed by atoms with E-state index >= 15 is 0 Å². The van der Waals surface area contributed by atoms with Gasteiger partial charge in [-0.3, -0.25) is 4.79 Å². The SMILES string of the molecule is CCCC1(C(=O)c2cccc3ccccc23)CCNCC1. The van der Waals surface area contributed by atoms with Crippen LogP contribution < -0.4 is 5.32 Å². The van der Waals surface area contributed by atoms with E-state index in [9.17, 15) is 4.79 Å². The van der Waals surface area contributed by atoms with Crippen LogP contribution in [-0.4, -0.2) is 18.9 Å². The molecule has 0 radical (unpaired) electrons. The third kappa shape index (κ3) is 2.60. The molecule has 1 heterocycles. The lowest BCUT2D eigenvalue weighted by Crippen LogP contribution is -2.42. The maximum absolute atomic E-state index is 13.3. The largest absolute Gasteiger partial charge is 0.317 e. The lowest BCUT2D eigenvalue weighted by Gasteiger charge is -2.36. The number of ketones is 1. The number of carbonyl (C=O) groups is 1. The zero-order chi connectivity index (χ0) is 14.7. The number of nitrogens with one attached hydrogen (secondary N) is 1. The van der Waals surface area contributed by atoms with E-state index in [2.05, 4.69) is 30.4 Å². The van der Waals surface area contributed by atoms with Crippen molar-refractivity contribution in [3.63, 3.8) is 0 Å². The number of rotatable bonds is 4. The van der Waals surface area contributed by atoms with Crippen LogP contribution in [0.3, 0.4) is 0 Å². The van der Waals surface area contributed by atoms with Gasteiger partial charge in [-0.2, -0.15) is 0 Å². The molecule has 110 valence electrons. The number of Topliss-reactive ketones (excluding diaryl/α,β-unsaturated/α-hetero) is 1. The molecule has 0 bridgehead atoms. The van der Waals surface area contributed by atoms with Crippen molar-refractivity contribution in [3.05, 3.63) is 48.0 Å². The Bertz CT molecular complexity index is 630. The molecule has 1 aliphatic rings. The number of benzene rings is 2. The maximum atomic E-state index is 13.3. The van der Waals surface area contributed by atoms with Gasteiger partial charge in [0.05, 0.1) is 0 Å². The van der Waals surface area contributed by atoms with E-state index in [0.717, 1.165) is 55.1 Å². The fourth-order valence-corrected chi connectivity index (χ4v) is 3.68. The van der Waals surface area contributed by atoms with Gasteiger partial charge in [-0.25, -0.2) is 0 Å². The third-order valence-corrected chi connectivity index (χ3v) is 4.81. The lowest BCUT2D eigenvalue weighted by molar-refractivity contribution is 0.0706. The quantitative estimate of drug-likeness (QED) is 0.851. The Kier molecular flexibility index (Phi) is 4.07. The normalized spacial score (nSPS) is 17.8. The standard InChI is InChI=1S/C19H23NO/c1-2-10-19(11-13-20-14-12-19)18(21)17-9-5-7-15-6-3-4-8-16(15)17/h3-9,20H,2,10-14H2,1H3. The molecule has 3 rings (SSSR count). The Hall–Kier alpha value is -1.67. The first-order valence-electron chi connectivity index (χ1n) is 8.00. The summed E-state index contributed by atoms with van der Waals surface area (Å²) in [5, 5.41) is 5.64. The highest BCUT2D eigenvalue weighted by Crippen LogP contribution is 2.38. The smallest absolute Gasteiger partial charge is 0.169 e. The van der Waals surface area contributed by atoms with Crippen molar-refractivity contribution in [2.45, 2.75) is 32.6 Å². The molecule has 0 aliphatic carbocycles. The van der Waals surface area contributed by atoms with E-state index in [0.29, 0.717) is 5.78 Å². The molecule has 1 N–H and O–H groups in total. The first-order chi connectivity index (χ1) is 10.3. The zero-order valence-corrected chi connectivity index (χ0v) is 12.7. The van der Waals surface area contributed by atoms with Crippen LogP contribution >= 0.6 is 0 Å². The van der Waals surface area contributed by atoms with Crippen molar-refractivity contribution in [1.29, 1.82) is 0 Å². The van der Waals surface area contributed by atoms with Crippen LogP contribution in [-0.2, 0) is 0 Å². The van der Waals surface area contributed by atoms with Crippen LogP contribution in [0, 0.1) is 5.41 Å². The second kappa shape index (κ2) is 5.98. The minimum absolute atomic E-state index is 0.163. The molecule has 1 saturated heterocycles. The first-order valence-corrected chi connectivity index (χ1v) is 8.00. The Morgan fingerprint density at radius 3 is 2.57 bits per heavy atom. The lowest BCUT2D eigenvalue weighted by atomic mass is 9.70. The van der Waals surface area contributed by atoms with Crippen molar-refractivity contribution < 1.29 is 4.79 Å². The van der Waals surface area contributed by atoms with E-state index in [1.807, 2.05) is 24.3 Å². The molecule has 1 fully saturated rings. The number of hydrogen-bond donors (Lipinski definition) is 1. The van der Waals surface area contributed by atoms with E-state index in [1.165, 1.54) is 0 Å². The predicted octanol–water partition coefficient (Wildman–Crippen LogP) is 4.19. The van der Waals surface area contributed by atoms with E-state index < -0.39 is 0 Å². The summed E-state index contributed by atoms with van der Waals surface area (Å²) in [6, 6.07) is 14.3. The molecule has 2 nitrogen and oxygen atoms in total. The van der Waals surface area contributed by atoms with Crippen LogP contribution in [0.2, 0.25) is 0 Å². The molecule has 2 aromatic carbocycles. The van der Waals surface area contributed by atoms with Crippen molar-refractivity contribution >= 4 is 16.6 Å². The molecule has 0 saturated carbocycles. The second-order valence-electron chi connectivity index (χ2n) is 6.14. The fourth-order valence-electron chi connectivity index (χ4n) is 3.68. The van der Waals surface area contributed by atoms with Crippen LogP contribution in [0.5, 0.6) is 0 Å². The Labute approximate surface area is 126 Å². The minimum atomic E-state index is -0.163. The summed E-state index contributed by atoms with van der Waals surface area (Å²) in [6.07, 6.45) is 3.99. The summed E-state index contributed by atoms with van der Waals surface area (Å²) in [6.45, 7) is 4.09. The molecule has 0 amide bonds. The van der Waals surface area contributed by atoms with E-state index in [4.69, 9.17) is 0 Å². The summed E-state index contributed by atoms with van der Waals surface area (Å²) in [5.74, 6) is 0.350. The Morgan fingerprint density at radius 2 is 1.81 bits per heavy atom. The summed E-state index contributed by atoms with van der Waals surface area (Å²) in [4.78, 5) is 13.3. The van der Waals surface area contributed by atoms with Gasteiger partial charge in [-0.1, -0.05) is 55.8 Å². The van der Waals surface area contributed by atoms with E-state index in [1.54, 1.807) is 0 Å². The summed E-state index contributed by atoms with van der Waals surface area (Å²) in [5.41, 5.74) is 0.743. The van der Waals surface area contributed by atoms with Gasteiger partial charge in [0.15, 0.2) is 5.78 Å². The van der Waals surface area contributed by atoms with Crippen LogP contribution in [0.25, 0.3) is 10.8 Å². The van der Waals surface area contributed by atoms with Crippen molar-refractivity contribution in [2.75, 3.05) is 13.1 Å². The number of hydrogen-bond acceptors (Lipinski definition) is 2. The van der Waals surface area contributed by atoms with Gasteiger partial charge in [0.25, 0.3) is 0 Å². The van der Waals surface area contributed by atoms with Gasteiger partial charge in [0.1, 0.15) is 0 Å². The van der Waals surface area contributed by atoms with Gasteiger partial charge in [-0.15, -0.1) is 0 Å². The molecular weight excluding hydrogens is 258 g/mol. The van der Waals surface area contributed by atoms with Crippen LogP contribution in [0.1, 0.15) is 43.0 Å². The third-order valence-electron chi connectivity index (χ3n) is 4.81. The molecule has 0 aromatic heterocycles. The highest BCUT2D eigenvalue weighted by molar-refractivity contribution is 6.10. The minimum Gasteiger partial charge on any atom is -0.317 e. The molecule has 0 unspecified atom stereocenters. The van der Waals surface area contributed by atoms with Gasteiger partial charge in [0, 0.05) is 11.0 Å². The van der Waals surface area contributed by atoms with Gasteiger partial charge in [0.2, 0.25) is 0 Å². The average Bonchev–Trinajstić information content (AvgIpc) is 2.55. The fraction of sp³-hybridized carbons (Fsp3) is 0.421. The highest BCUT2D eigenvalue weighted by Gasteiger charge is 2.39. The summed E-state index contributed by atoms with van der Waals surface area (Å²) in [7, 11) is 0. The van der Waals surface area contributed by atoms with Crippen molar-refractivity contribution in [3.8, 4) is 0 Å². The van der Waals surface area contributed by atoms with E-state index in [-0.39, 0.29) is 5.41 Å². The highest BCUT2D eigenvalue weighted by atomic mass is 16.1. The van der Waals surface area contributed by atoms with Crippen LogP contribution in [0.15, 0.2) is 42.5 Å². The molecule has 21 heavy (non-hydrogen) atoms. The molecule has 2 aromatic rings. The maximum Gasteiger partial charge on any atom is 0.169 e. The Balaban J connectivity index is 2.06. The topological polar surface area (TPSA) is 29.1 Å². The molecule has 0 spiro atoms. The van der Waals surface area contributed by atoms with Gasteiger partial charge < -0.3 is 5.32 Å². The molecule has 2 heteroatoms. The van der Waals surface area contributed by atoms with Gasteiger partial charge >= 0.3 is 0 Å². The zero-order valence-electron chi connectivity index (χ0n) is 12.7. The molecule has 0 atom stereocenters. The Morgan fingerprint density at radius 1 is 1.10 bits per heavy atom. The molecule has 1 aliphatic heterocycles. The first kappa shape index (κ1) is 14.3. The summed E-state index contributed by atoms with van der Waals surface area (Å²) < 4.78 is 0. The summed E-state index contributed by atoms with van der Waals surface area (Å²) >= 11 is 0. The van der Waals surface area contributed by atoms with Gasteiger partial charge in [-0.05, 0) is 43.1 Å². The number of piperidine rings is 1.